The Balaban J connectivity index is 1.74. The minimum atomic E-state index is -0.0898. The van der Waals surface area contributed by atoms with Gasteiger partial charge in [-0.1, -0.05) is 29.8 Å². The molecule has 25 heavy (non-hydrogen) atoms. The number of anilines is 1. The summed E-state index contributed by atoms with van der Waals surface area (Å²) >= 11 is 0. The molecule has 0 spiro atoms. The van der Waals surface area contributed by atoms with Gasteiger partial charge in [0.1, 0.15) is 0 Å². The number of para-hydroxylation sites is 1. The van der Waals surface area contributed by atoms with Gasteiger partial charge in [-0.25, -0.2) is 0 Å². The van der Waals surface area contributed by atoms with Crippen LogP contribution in [0, 0.1) is 11.8 Å². The third-order valence-electron chi connectivity index (χ3n) is 7.48. The van der Waals surface area contributed by atoms with Crippen LogP contribution in [0.5, 0.6) is 0 Å². The van der Waals surface area contributed by atoms with Crippen molar-refractivity contribution in [1.29, 1.82) is 0 Å². The lowest BCUT2D eigenvalue weighted by Crippen LogP contribution is -2.60. The highest BCUT2D eigenvalue weighted by Gasteiger charge is 2.71. The van der Waals surface area contributed by atoms with Crippen molar-refractivity contribution in [2.75, 3.05) is 32.1 Å². The average Bonchev–Trinajstić information content (AvgIpc) is 3.06. The van der Waals surface area contributed by atoms with Gasteiger partial charge in [0, 0.05) is 30.7 Å². The molecule has 1 saturated carbocycles. The lowest BCUT2D eigenvalue weighted by atomic mass is 9.67. The highest BCUT2D eigenvalue weighted by Crippen LogP contribution is 2.65. The Morgan fingerprint density at radius 1 is 1.36 bits per heavy atom. The van der Waals surface area contributed by atoms with Crippen LogP contribution in [0.3, 0.4) is 0 Å². The van der Waals surface area contributed by atoms with E-state index in [-0.39, 0.29) is 17.3 Å². The molecule has 3 heterocycles. The van der Waals surface area contributed by atoms with Gasteiger partial charge in [0.15, 0.2) is 0 Å². The number of benzene rings is 1. The van der Waals surface area contributed by atoms with E-state index in [2.05, 4.69) is 54.1 Å². The van der Waals surface area contributed by atoms with Gasteiger partial charge < -0.3 is 9.64 Å². The summed E-state index contributed by atoms with van der Waals surface area (Å²) in [5.41, 5.74) is 4.06. The summed E-state index contributed by atoms with van der Waals surface area (Å²) in [5, 5.41) is 0. The first-order chi connectivity index (χ1) is 12.1. The molecule has 0 N–H and O–H groups in total. The molecule has 3 aliphatic heterocycles. The van der Waals surface area contributed by atoms with E-state index in [0.29, 0.717) is 18.0 Å². The van der Waals surface area contributed by atoms with Crippen molar-refractivity contribution in [2.45, 2.75) is 37.3 Å². The monoisotopic (exact) mass is 338 g/mol. The molecule has 0 radical (unpaired) electrons. The highest BCUT2D eigenvalue weighted by atomic mass is 16.5. The Labute approximate surface area is 149 Å². The number of carbonyl (C=O) groups is 1. The Hall–Kier alpha value is -1.81. The first-order valence-electron chi connectivity index (χ1n) is 9.41. The molecule has 1 aromatic rings. The van der Waals surface area contributed by atoms with Crippen LogP contribution in [-0.2, 0) is 14.9 Å². The molecule has 1 aliphatic carbocycles. The van der Waals surface area contributed by atoms with Gasteiger partial charge in [0.25, 0.3) is 0 Å². The van der Waals surface area contributed by atoms with Crippen molar-refractivity contribution >= 4 is 11.7 Å². The van der Waals surface area contributed by atoms with Crippen LogP contribution in [0.4, 0.5) is 5.69 Å². The number of hydrogen-bond acceptors (Lipinski definition) is 4. The SMILES string of the molecule is CC=C1CC2C3C4N(C)c5ccccc5C4(CCN3C1)C2C(=O)OC. The number of ether oxygens (including phenoxy) is 1. The Kier molecular flexibility index (Phi) is 3.15. The van der Waals surface area contributed by atoms with Crippen LogP contribution in [-0.4, -0.2) is 50.2 Å². The van der Waals surface area contributed by atoms with E-state index < -0.39 is 0 Å². The van der Waals surface area contributed by atoms with Gasteiger partial charge in [-0.15, -0.1) is 0 Å². The number of hydrogen-bond donors (Lipinski definition) is 0. The molecular weight excluding hydrogens is 312 g/mol. The van der Waals surface area contributed by atoms with Gasteiger partial charge in [0.2, 0.25) is 0 Å². The fourth-order valence-electron chi connectivity index (χ4n) is 6.69. The van der Waals surface area contributed by atoms with E-state index in [1.54, 1.807) is 7.11 Å². The van der Waals surface area contributed by atoms with Crippen molar-refractivity contribution in [3.8, 4) is 0 Å². The number of likely N-dealkylation sites (N-methyl/N-ethyl adjacent to an activating group) is 1. The molecule has 4 aliphatic rings. The third kappa shape index (κ3) is 1.69. The smallest absolute Gasteiger partial charge is 0.310 e. The number of rotatable bonds is 1. The lowest BCUT2D eigenvalue weighted by molar-refractivity contribution is -0.149. The molecule has 4 nitrogen and oxygen atoms in total. The number of esters is 1. The maximum absolute atomic E-state index is 13.0. The minimum absolute atomic E-state index is 0.0122. The fourth-order valence-corrected chi connectivity index (χ4v) is 6.69. The molecule has 132 valence electrons. The second-order valence-corrected chi connectivity index (χ2v) is 8.14. The van der Waals surface area contributed by atoms with E-state index in [9.17, 15) is 4.79 Å². The first kappa shape index (κ1) is 15.4. The summed E-state index contributed by atoms with van der Waals surface area (Å²) in [6, 6.07) is 9.54. The quantitative estimate of drug-likeness (QED) is 0.582. The van der Waals surface area contributed by atoms with E-state index in [4.69, 9.17) is 4.74 Å². The summed E-state index contributed by atoms with van der Waals surface area (Å²) < 4.78 is 5.36. The minimum Gasteiger partial charge on any atom is -0.469 e. The molecule has 0 aromatic heterocycles. The second kappa shape index (κ2) is 5.10. The van der Waals surface area contributed by atoms with E-state index in [0.717, 1.165) is 25.9 Å². The Morgan fingerprint density at radius 3 is 2.92 bits per heavy atom. The maximum Gasteiger partial charge on any atom is 0.310 e. The summed E-state index contributed by atoms with van der Waals surface area (Å²) in [7, 11) is 3.77. The van der Waals surface area contributed by atoms with Gasteiger partial charge >= 0.3 is 5.97 Å². The van der Waals surface area contributed by atoms with Crippen molar-refractivity contribution < 1.29 is 9.53 Å². The van der Waals surface area contributed by atoms with Crippen LogP contribution in [0.15, 0.2) is 35.9 Å². The molecule has 3 fully saturated rings. The standard InChI is InChI=1S/C21H26N2O2/c1-4-13-11-14-17(20(24)25-3)21-9-10-23(12-13)18(14)19(21)22(2)16-8-6-5-7-15(16)21/h4-8,14,17-19H,9-12H2,1-3H3. The zero-order chi connectivity index (χ0) is 17.3. The predicted octanol–water partition coefficient (Wildman–Crippen LogP) is 2.59. The van der Waals surface area contributed by atoms with E-state index in [1.165, 1.54) is 16.8 Å². The summed E-state index contributed by atoms with van der Waals surface area (Å²) in [6.45, 7) is 4.26. The van der Waals surface area contributed by atoms with Crippen LogP contribution in [0.1, 0.15) is 25.3 Å². The zero-order valence-electron chi connectivity index (χ0n) is 15.2. The number of allylic oxidation sites excluding steroid dienone is 1. The molecule has 1 aromatic carbocycles. The van der Waals surface area contributed by atoms with E-state index in [1.807, 2.05) is 0 Å². The number of piperidine rings is 2. The number of methoxy groups -OCH3 is 1. The van der Waals surface area contributed by atoms with Crippen molar-refractivity contribution in [1.82, 2.24) is 4.90 Å². The van der Waals surface area contributed by atoms with Crippen LogP contribution in [0.2, 0.25) is 0 Å². The lowest BCUT2D eigenvalue weighted by Gasteiger charge is -2.48. The van der Waals surface area contributed by atoms with Crippen LogP contribution in [0.25, 0.3) is 0 Å². The first-order valence-corrected chi connectivity index (χ1v) is 9.41. The average molecular weight is 338 g/mol. The maximum atomic E-state index is 13.0. The fraction of sp³-hybridized carbons (Fsp3) is 0.571. The van der Waals surface area contributed by atoms with Crippen molar-refractivity contribution in [3.05, 3.63) is 41.5 Å². The highest BCUT2D eigenvalue weighted by molar-refractivity contribution is 5.81. The van der Waals surface area contributed by atoms with E-state index >= 15 is 0 Å². The zero-order valence-corrected chi connectivity index (χ0v) is 15.2. The van der Waals surface area contributed by atoms with Gasteiger partial charge in [-0.2, -0.15) is 0 Å². The molecule has 5 atom stereocenters. The number of fused-ring (bicyclic) bond motifs is 1. The molecule has 5 rings (SSSR count). The molecule has 0 amide bonds. The van der Waals surface area contributed by atoms with Gasteiger partial charge in [-0.3, -0.25) is 9.69 Å². The van der Waals surface area contributed by atoms with Crippen LogP contribution >= 0.6 is 0 Å². The summed E-state index contributed by atoms with van der Waals surface area (Å²) in [6.07, 6.45) is 4.33. The van der Waals surface area contributed by atoms with Crippen molar-refractivity contribution in [3.63, 3.8) is 0 Å². The topological polar surface area (TPSA) is 32.8 Å². The molecule has 5 unspecified atom stereocenters. The van der Waals surface area contributed by atoms with Crippen LogP contribution < -0.4 is 4.90 Å². The second-order valence-electron chi connectivity index (χ2n) is 8.14. The molecular formula is C21H26N2O2. The molecule has 4 heteroatoms. The predicted molar refractivity (Wildman–Crippen MR) is 97.7 cm³/mol. The Bertz CT molecular complexity index is 773. The van der Waals surface area contributed by atoms with Gasteiger partial charge in [0.05, 0.1) is 19.1 Å². The third-order valence-corrected chi connectivity index (χ3v) is 7.48. The Morgan fingerprint density at radius 2 is 2.16 bits per heavy atom. The molecule has 2 saturated heterocycles. The molecule has 2 bridgehead atoms. The number of nitrogens with zero attached hydrogens (tertiary/aromatic N) is 2. The van der Waals surface area contributed by atoms with Gasteiger partial charge in [-0.05, 0) is 43.9 Å². The number of carbonyl (C=O) groups excluding carboxylic acids is 1. The van der Waals surface area contributed by atoms with Crippen molar-refractivity contribution in [2.24, 2.45) is 11.8 Å². The summed E-state index contributed by atoms with van der Waals surface area (Å²) in [5.74, 6) is 0.302. The summed E-state index contributed by atoms with van der Waals surface area (Å²) in [4.78, 5) is 18.1. The largest absolute Gasteiger partial charge is 0.469 e. The normalized spacial score (nSPS) is 40.1.